The number of amides is 1. The van der Waals surface area contributed by atoms with Gasteiger partial charge >= 0.3 is 5.97 Å². The maximum absolute atomic E-state index is 11.8. The van der Waals surface area contributed by atoms with E-state index in [0.29, 0.717) is 12.1 Å². The highest BCUT2D eigenvalue weighted by molar-refractivity contribution is 8.00. The second kappa shape index (κ2) is 7.85. The first-order valence-electron chi connectivity index (χ1n) is 6.30. The van der Waals surface area contributed by atoms with E-state index in [4.69, 9.17) is 4.74 Å². The molecule has 6 heteroatoms. The number of rotatable bonds is 6. The number of thioether (sulfide) groups is 1. The fraction of sp³-hybridized carbons (Fsp3) is 0.200. The van der Waals surface area contributed by atoms with E-state index in [-0.39, 0.29) is 11.7 Å². The Labute approximate surface area is 131 Å². The normalized spacial score (nSPS) is 10.1. The Kier molecular flexibility index (Phi) is 5.83. The summed E-state index contributed by atoms with van der Waals surface area (Å²) in [5, 5.41) is 4.83. The van der Waals surface area contributed by atoms with Crippen LogP contribution in [0.1, 0.15) is 15.2 Å². The molecule has 0 atom stereocenters. The largest absolute Gasteiger partial charge is 0.465 e. The van der Waals surface area contributed by atoms with E-state index in [1.165, 1.54) is 18.9 Å². The number of hydrogen-bond donors (Lipinski definition) is 1. The van der Waals surface area contributed by atoms with Crippen LogP contribution in [0.4, 0.5) is 0 Å². The Morgan fingerprint density at radius 2 is 2.05 bits per heavy atom. The number of hydrogen-bond acceptors (Lipinski definition) is 5. The molecule has 110 valence electrons. The Bertz CT molecular complexity index is 611. The van der Waals surface area contributed by atoms with Gasteiger partial charge < -0.3 is 10.1 Å². The van der Waals surface area contributed by atoms with E-state index in [0.717, 1.165) is 9.77 Å². The lowest BCUT2D eigenvalue weighted by Crippen LogP contribution is -2.24. The maximum Gasteiger partial charge on any atom is 0.338 e. The van der Waals surface area contributed by atoms with Crippen molar-refractivity contribution in [2.75, 3.05) is 12.9 Å². The molecule has 0 spiro atoms. The Morgan fingerprint density at radius 3 is 2.76 bits per heavy atom. The molecule has 0 unspecified atom stereocenters. The summed E-state index contributed by atoms with van der Waals surface area (Å²) in [6.07, 6.45) is 0. The maximum atomic E-state index is 11.8. The summed E-state index contributed by atoms with van der Waals surface area (Å²) in [6, 6.07) is 11.0. The number of carbonyl (C=O) groups excluding carboxylic acids is 2. The van der Waals surface area contributed by atoms with Crippen LogP contribution in [0, 0.1) is 0 Å². The third kappa shape index (κ3) is 4.61. The van der Waals surface area contributed by atoms with Gasteiger partial charge in [0.1, 0.15) is 0 Å². The average molecular weight is 321 g/mol. The van der Waals surface area contributed by atoms with Crippen molar-refractivity contribution in [3.05, 3.63) is 52.2 Å². The topological polar surface area (TPSA) is 55.4 Å². The molecule has 0 aliphatic heterocycles. The molecule has 1 heterocycles. The highest BCUT2D eigenvalue weighted by Gasteiger charge is 2.12. The third-order valence-corrected chi connectivity index (χ3v) is 4.64. The molecule has 2 rings (SSSR count). The van der Waals surface area contributed by atoms with Crippen molar-refractivity contribution in [2.45, 2.75) is 11.4 Å². The fourth-order valence-corrected chi connectivity index (χ4v) is 3.18. The van der Waals surface area contributed by atoms with Gasteiger partial charge in [0.2, 0.25) is 5.91 Å². The van der Waals surface area contributed by atoms with E-state index >= 15 is 0 Å². The van der Waals surface area contributed by atoms with E-state index in [2.05, 4.69) is 5.32 Å². The molecule has 0 aliphatic rings. The summed E-state index contributed by atoms with van der Waals surface area (Å²) in [6.45, 7) is 0.537. The van der Waals surface area contributed by atoms with Crippen molar-refractivity contribution in [2.24, 2.45) is 0 Å². The number of ether oxygens (including phenoxy) is 1. The molecule has 1 N–H and O–H groups in total. The Morgan fingerprint density at radius 1 is 1.24 bits per heavy atom. The molecule has 0 saturated heterocycles. The SMILES string of the molecule is COC(=O)c1ccccc1SCC(=O)NCc1cccs1. The Hall–Kier alpha value is -1.79. The minimum atomic E-state index is -0.392. The first kappa shape index (κ1) is 15.6. The molecule has 0 bridgehead atoms. The lowest BCUT2D eigenvalue weighted by Gasteiger charge is -2.07. The van der Waals surface area contributed by atoms with E-state index in [1.54, 1.807) is 23.5 Å². The zero-order valence-electron chi connectivity index (χ0n) is 11.5. The first-order chi connectivity index (χ1) is 10.2. The van der Waals surface area contributed by atoms with Gasteiger partial charge in [-0.1, -0.05) is 18.2 Å². The number of methoxy groups -OCH3 is 1. The van der Waals surface area contributed by atoms with Crippen molar-refractivity contribution in [1.29, 1.82) is 0 Å². The van der Waals surface area contributed by atoms with Crippen molar-refractivity contribution in [1.82, 2.24) is 5.32 Å². The summed E-state index contributed by atoms with van der Waals surface area (Å²) >= 11 is 2.93. The number of esters is 1. The first-order valence-corrected chi connectivity index (χ1v) is 8.16. The van der Waals surface area contributed by atoms with Crippen molar-refractivity contribution in [3.63, 3.8) is 0 Å². The highest BCUT2D eigenvalue weighted by atomic mass is 32.2. The van der Waals surface area contributed by atoms with Gasteiger partial charge in [-0.3, -0.25) is 4.79 Å². The molecular weight excluding hydrogens is 306 g/mol. The van der Waals surface area contributed by atoms with Gasteiger partial charge in [-0.2, -0.15) is 0 Å². The molecule has 4 nitrogen and oxygen atoms in total. The third-order valence-electron chi connectivity index (χ3n) is 2.69. The molecule has 0 aliphatic carbocycles. The standard InChI is InChI=1S/C15H15NO3S2/c1-19-15(18)12-6-2-3-7-13(12)21-10-14(17)16-9-11-5-4-8-20-11/h2-8H,9-10H2,1H3,(H,16,17). The van der Waals surface area contributed by atoms with Gasteiger partial charge in [0.15, 0.2) is 0 Å². The van der Waals surface area contributed by atoms with Gasteiger partial charge in [-0.15, -0.1) is 23.1 Å². The molecule has 1 aromatic heterocycles. The summed E-state index contributed by atoms with van der Waals surface area (Å²) in [7, 11) is 1.34. The number of carbonyl (C=O) groups is 2. The smallest absolute Gasteiger partial charge is 0.338 e. The van der Waals surface area contributed by atoms with Crippen molar-refractivity contribution >= 4 is 35.0 Å². The van der Waals surface area contributed by atoms with Crippen LogP contribution in [0.2, 0.25) is 0 Å². The zero-order valence-corrected chi connectivity index (χ0v) is 13.1. The van der Waals surface area contributed by atoms with Crippen LogP contribution in [0.5, 0.6) is 0 Å². The molecule has 0 radical (unpaired) electrons. The fourth-order valence-electron chi connectivity index (χ4n) is 1.66. The van der Waals surface area contributed by atoms with Gasteiger partial charge in [0.25, 0.3) is 0 Å². The average Bonchev–Trinajstić information content (AvgIpc) is 3.04. The molecular formula is C15H15NO3S2. The van der Waals surface area contributed by atoms with Crippen LogP contribution >= 0.6 is 23.1 Å². The molecule has 1 amide bonds. The van der Waals surface area contributed by atoms with Crippen molar-refractivity contribution in [3.8, 4) is 0 Å². The summed E-state index contributed by atoms with van der Waals surface area (Å²) < 4.78 is 4.73. The second-order valence-electron chi connectivity index (χ2n) is 4.13. The van der Waals surface area contributed by atoms with Crippen LogP contribution in [0.25, 0.3) is 0 Å². The highest BCUT2D eigenvalue weighted by Crippen LogP contribution is 2.23. The van der Waals surface area contributed by atoms with Crippen LogP contribution < -0.4 is 5.32 Å². The van der Waals surface area contributed by atoms with Gasteiger partial charge in [0, 0.05) is 9.77 Å². The van der Waals surface area contributed by atoms with Crippen LogP contribution in [0.3, 0.4) is 0 Å². The van der Waals surface area contributed by atoms with Crippen LogP contribution in [-0.2, 0) is 16.1 Å². The van der Waals surface area contributed by atoms with Crippen molar-refractivity contribution < 1.29 is 14.3 Å². The quantitative estimate of drug-likeness (QED) is 0.656. The van der Waals surface area contributed by atoms with E-state index in [1.807, 2.05) is 29.6 Å². The number of benzene rings is 1. The van der Waals surface area contributed by atoms with Gasteiger partial charge in [0.05, 0.1) is 25.0 Å². The van der Waals surface area contributed by atoms with Crippen LogP contribution in [-0.4, -0.2) is 24.7 Å². The molecule has 2 aromatic rings. The molecule has 0 saturated carbocycles. The molecule has 0 fully saturated rings. The van der Waals surface area contributed by atoms with Gasteiger partial charge in [-0.25, -0.2) is 4.79 Å². The predicted octanol–water partition coefficient (Wildman–Crippen LogP) is 2.94. The van der Waals surface area contributed by atoms with E-state index < -0.39 is 5.97 Å². The zero-order chi connectivity index (χ0) is 15.1. The second-order valence-corrected chi connectivity index (χ2v) is 6.18. The predicted molar refractivity (Wildman–Crippen MR) is 84.7 cm³/mol. The minimum Gasteiger partial charge on any atom is -0.465 e. The Balaban J connectivity index is 1.88. The van der Waals surface area contributed by atoms with Gasteiger partial charge in [-0.05, 0) is 23.6 Å². The monoisotopic (exact) mass is 321 g/mol. The summed E-state index contributed by atoms with van der Waals surface area (Å²) in [5.74, 6) is -0.190. The lowest BCUT2D eigenvalue weighted by atomic mass is 10.2. The van der Waals surface area contributed by atoms with Crippen LogP contribution in [0.15, 0.2) is 46.7 Å². The minimum absolute atomic E-state index is 0.0620. The molecule has 21 heavy (non-hydrogen) atoms. The summed E-state index contributed by atoms with van der Waals surface area (Å²) in [5.41, 5.74) is 0.482. The number of nitrogens with one attached hydrogen (secondary N) is 1. The molecule has 1 aromatic carbocycles. The van der Waals surface area contributed by atoms with E-state index in [9.17, 15) is 9.59 Å². The summed E-state index contributed by atoms with van der Waals surface area (Å²) in [4.78, 5) is 25.3. The number of thiophene rings is 1. The lowest BCUT2D eigenvalue weighted by molar-refractivity contribution is -0.118.